The molecule has 5 rings (SSSR count). The molecule has 1 aliphatic heterocycles. The maximum Gasteiger partial charge on any atom is 0.256 e. The highest BCUT2D eigenvalue weighted by Crippen LogP contribution is 2.40. The molecular formula is C30H30FN3OS. The molecular weight excluding hydrogens is 469 g/mol. The summed E-state index contributed by atoms with van der Waals surface area (Å²) in [5.74, 6) is -0.364. The lowest BCUT2D eigenvalue weighted by molar-refractivity contribution is 0.102. The molecule has 0 aliphatic carbocycles. The van der Waals surface area contributed by atoms with Crippen LogP contribution in [-0.2, 0) is 6.42 Å². The number of aryl methyl sites for hydroxylation is 1. The van der Waals surface area contributed by atoms with E-state index < -0.39 is 0 Å². The quantitative estimate of drug-likeness (QED) is 0.311. The van der Waals surface area contributed by atoms with E-state index in [9.17, 15) is 9.18 Å². The van der Waals surface area contributed by atoms with Gasteiger partial charge in [-0.15, -0.1) is 11.3 Å². The number of carbonyl (C=O) groups excluding carboxylic acids is 1. The SMILES string of the molecule is CCc1cc([C@@H](c2ccc(F)cc2)N2CCN(c3ccccc3)CC2)c(NC(=O)c2ccccc2)s1. The van der Waals surface area contributed by atoms with Gasteiger partial charge in [0, 0.05) is 47.9 Å². The van der Waals surface area contributed by atoms with Gasteiger partial charge in [-0.2, -0.15) is 0 Å². The monoisotopic (exact) mass is 499 g/mol. The zero-order chi connectivity index (χ0) is 24.9. The fraction of sp³-hybridized carbons (Fsp3) is 0.233. The Hall–Kier alpha value is -3.48. The normalized spacial score (nSPS) is 15.0. The summed E-state index contributed by atoms with van der Waals surface area (Å²) in [4.78, 5) is 19.1. The molecule has 4 aromatic rings. The smallest absolute Gasteiger partial charge is 0.256 e. The lowest BCUT2D eigenvalue weighted by atomic mass is 9.97. The first kappa shape index (κ1) is 24.2. The number of thiophene rings is 1. The number of nitrogens with zero attached hydrogens (tertiary/aromatic N) is 2. The molecule has 3 aromatic carbocycles. The van der Waals surface area contributed by atoms with Crippen molar-refractivity contribution in [2.24, 2.45) is 0 Å². The molecule has 0 unspecified atom stereocenters. The lowest BCUT2D eigenvalue weighted by Crippen LogP contribution is -2.48. The number of para-hydroxylation sites is 1. The molecule has 1 aromatic heterocycles. The molecule has 1 aliphatic rings. The van der Waals surface area contributed by atoms with Crippen molar-refractivity contribution in [1.29, 1.82) is 0 Å². The molecule has 0 saturated carbocycles. The van der Waals surface area contributed by atoms with Crippen LogP contribution in [0, 0.1) is 5.82 Å². The van der Waals surface area contributed by atoms with Crippen LogP contribution in [-0.4, -0.2) is 37.0 Å². The predicted molar refractivity (Wildman–Crippen MR) is 147 cm³/mol. The zero-order valence-corrected chi connectivity index (χ0v) is 21.2. The summed E-state index contributed by atoms with van der Waals surface area (Å²) < 4.78 is 13.9. The van der Waals surface area contributed by atoms with Crippen LogP contribution in [0.25, 0.3) is 0 Å². The third kappa shape index (κ3) is 5.35. The molecule has 1 fully saturated rings. The Balaban J connectivity index is 1.47. The standard InChI is InChI=1S/C30H30FN3OS/c1-2-26-21-27(30(36-26)32-29(35)23-9-5-3-6-10-23)28(22-13-15-24(31)16-14-22)34-19-17-33(18-20-34)25-11-7-4-8-12-25/h3-16,21,28H,2,17-20H2,1H3,(H,32,35)/t28-/m1/s1. The highest BCUT2D eigenvalue weighted by Gasteiger charge is 2.30. The van der Waals surface area contributed by atoms with Crippen LogP contribution in [0.1, 0.15) is 39.3 Å². The van der Waals surface area contributed by atoms with E-state index >= 15 is 0 Å². The number of hydrogen-bond acceptors (Lipinski definition) is 4. The minimum atomic E-state index is -0.247. The Morgan fingerprint density at radius 1 is 0.917 bits per heavy atom. The van der Waals surface area contributed by atoms with Crippen molar-refractivity contribution < 1.29 is 9.18 Å². The van der Waals surface area contributed by atoms with Crippen molar-refractivity contribution in [2.45, 2.75) is 19.4 Å². The van der Waals surface area contributed by atoms with Gasteiger partial charge in [0.15, 0.2) is 0 Å². The van der Waals surface area contributed by atoms with E-state index in [-0.39, 0.29) is 17.8 Å². The lowest BCUT2D eigenvalue weighted by Gasteiger charge is -2.40. The number of nitrogens with one attached hydrogen (secondary N) is 1. The predicted octanol–water partition coefficient (Wildman–Crippen LogP) is 6.61. The van der Waals surface area contributed by atoms with Crippen molar-refractivity contribution in [3.63, 3.8) is 0 Å². The fourth-order valence-corrected chi connectivity index (χ4v) is 5.83. The second-order valence-electron chi connectivity index (χ2n) is 8.98. The van der Waals surface area contributed by atoms with Crippen LogP contribution in [0.15, 0.2) is 91.0 Å². The van der Waals surface area contributed by atoms with Gasteiger partial charge in [-0.3, -0.25) is 9.69 Å². The van der Waals surface area contributed by atoms with Crippen LogP contribution in [0.3, 0.4) is 0 Å². The molecule has 1 N–H and O–H groups in total. The maximum atomic E-state index is 13.9. The van der Waals surface area contributed by atoms with Crippen LogP contribution < -0.4 is 10.2 Å². The Bertz CT molecular complexity index is 1280. The number of amides is 1. The molecule has 0 radical (unpaired) electrons. The zero-order valence-electron chi connectivity index (χ0n) is 20.4. The molecule has 184 valence electrons. The van der Waals surface area contributed by atoms with Gasteiger partial charge in [0.25, 0.3) is 5.91 Å². The van der Waals surface area contributed by atoms with E-state index in [4.69, 9.17) is 0 Å². The second-order valence-corrected chi connectivity index (χ2v) is 10.1. The number of rotatable bonds is 7. The Morgan fingerprint density at radius 3 is 2.19 bits per heavy atom. The first-order chi connectivity index (χ1) is 17.6. The van der Waals surface area contributed by atoms with Crippen LogP contribution in [0.4, 0.5) is 15.1 Å². The number of hydrogen-bond donors (Lipinski definition) is 1. The van der Waals surface area contributed by atoms with Gasteiger partial charge >= 0.3 is 0 Å². The van der Waals surface area contributed by atoms with Crippen molar-refractivity contribution in [3.05, 3.63) is 118 Å². The fourth-order valence-electron chi connectivity index (χ4n) is 4.81. The highest BCUT2D eigenvalue weighted by atomic mass is 32.1. The molecule has 1 saturated heterocycles. The molecule has 4 nitrogen and oxygen atoms in total. The van der Waals surface area contributed by atoms with Gasteiger partial charge in [-0.1, -0.05) is 55.5 Å². The van der Waals surface area contributed by atoms with Gasteiger partial charge in [0.1, 0.15) is 10.8 Å². The number of benzene rings is 3. The summed E-state index contributed by atoms with van der Waals surface area (Å²) in [5, 5.41) is 4.05. The number of halogens is 1. The van der Waals surface area contributed by atoms with Crippen LogP contribution in [0.5, 0.6) is 0 Å². The minimum absolute atomic E-state index is 0.0776. The van der Waals surface area contributed by atoms with Gasteiger partial charge in [0.05, 0.1) is 6.04 Å². The summed E-state index contributed by atoms with van der Waals surface area (Å²) in [6, 6.07) is 28.7. The van der Waals surface area contributed by atoms with Crippen molar-refractivity contribution in [1.82, 2.24) is 4.90 Å². The highest BCUT2D eigenvalue weighted by molar-refractivity contribution is 7.16. The average Bonchev–Trinajstić information content (AvgIpc) is 3.33. The van der Waals surface area contributed by atoms with E-state index in [2.05, 4.69) is 52.4 Å². The maximum absolute atomic E-state index is 13.9. The van der Waals surface area contributed by atoms with Crippen molar-refractivity contribution in [3.8, 4) is 0 Å². The molecule has 0 bridgehead atoms. The summed E-state index contributed by atoms with van der Waals surface area (Å²) in [6.07, 6.45) is 0.886. The van der Waals surface area contributed by atoms with Crippen molar-refractivity contribution in [2.75, 3.05) is 36.4 Å². The topological polar surface area (TPSA) is 35.6 Å². The van der Waals surface area contributed by atoms with Gasteiger partial charge in [-0.25, -0.2) is 4.39 Å². The molecule has 1 atom stereocenters. The van der Waals surface area contributed by atoms with Crippen LogP contribution >= 0.6 is 11.3 Å². The minimum Gasteiger partial charge on any atom is -0.369 e. The summed E-state index contributed by atoms with van der Waals surface area (Å²) in [6.45, 7) is 5.65. The second kappa shape index (κ2) is 11.1. The van der Waals surface area contributed by atoms with Gasteiger partial charge < -0.3 is 10.2 Å². The molecule has 6 heteroatoms. The summed E-state index contributed by atoms with van der Waals surface area (Å²) in [7, 11) is 0. The van der Waals surface area contributed by atoms with Crippen molar-refractivity contribution >= 4 is 27.9 Å². The van der Waals surface area contributed by atoms with Gasteiger partial charge in [0.2, 0.25) is 0 Å². The number of piperazine rings is 1. The van der Waals surface area contributed by atoms with E-state index in [0.29, 0.717) is 5.56 Å². The first-order valence-electron chi connectivity index (χ1n) is 12.4. The molecule has 0 spiro atoms. The van der Waals surface area contributed by atoms with E-state index in [1.165, 1.54) is 22.7 Å². The number of anilines is 2. The van der Waals surface area contributed by atoms with E-state index in [0.717, 1.165) is 48.7 Å². The summed E-state index contributed by atoms with van der Waals surface area (Å²) >= 11 is 1.63. The molecule has 2 heterocycles. The largest absolute Gasteiger partial charge is 0.369 e. The Morgan fingerprint density at radius 2 is 1.56 bits per heavy atom. The summed E-state index contributed by atoms with van der Waals surface area (Å²) in [5.41, 5.74) is 3.96. The average molecular weight is 500 g/mol. The number of carbonyl (C=O) groups is 1. The van der Waals surface area contributed by atoms with E-state index in [1.54, 1.807) is 11.3 Å². The third-order valence-corrected chi connectivity index (χ3v) is 7.92. The molecule has 36 heavy (non-hydrogen) atoms. The third-order valence-electron chi connectivity index (χ3n) is 6.70. The van der Waals surface area contributed by atoms with Gasteiger partial charge in [-0.05, 0) is 54.4 Å². The Kier molecular flexibility index (Phi) is 7.44. The first-order valence-corrected chi connectivity index (χ1v) is 13.2. The Labute approximate surface area is 216 Å². The molecule has 1 amide bonds. The van der Waals surface area contributed by atoms with Crippen LogP contribution in [0.2, 0.25) is 0 Å². The van der Waals surface area contributed by atoms with E-state index in [1.807, 2.05) is 48.5 Å².